The molecule has 1 aliphatic rings. The minimum atomic E-state index is -4.69. The Labute approximate surface area is 147 Å². The Morgan fingerprint density at radius 3 is 2.38 bits per heavy atom. The Morgan fingerprint density at radius 1 is 1.19 bits per heavy atom. The van der Waals surface area contributed by atoms with E-state index in [1.54, 1.807) is 0 Å². The van der Waals surface area contributed by atoms with E-state index in [1.165, 1.54) is 25.3 Å². The third-order valence-electron chi connectivity index (χ3n) is 4.96. The lowest BCUT2D eigenvalue weighted by Crippen LogP contribution is -2.34. The highest BCUT2D eigenvalue weighted by atomic mass is 19.4. The highest BCUT2D eigenvalue weighted by molar-refractivity contribution is 5.83. The first-order valence-electron chi connectivity index (χ1n) is 8.25. The van der Waals surface area contributed by atoms with E-state index in [0.29, 0.717) is 5.75 Å². The second-order valence-electron chi connectivity index (χ2n) is 6.50. The van der Waals surface area contributed by atoms with Gasteiger partial charge >= 0.3 is 12.1 Å². The maximum Gasteiger partial charge on any atom is 0.431 e. The smallest absolute Gasteiger partial charge is 0.431 e. The normalized spacial score (nSPS) is 20.9. The van der Waals surface area contributed by atoms with E-state index >= 15 is 0 Å². The molecular weight excluding hydrogens is 351 g/mol. The van der Waals surface area contributed by atoms with Gasteiger partial charge in [-0.2, -0.15) is 13.2 Å². The number of pyridine rings is 1. The van der Waals surface area contributed by atoms with Crippen LogP contribution in [-0.2, 0) is 11.0 Å². The van der Waals surface area contributed by atoms with Crippen molar-refractivity contribution in [2.75, 3.05) is 7.11 Å². The average molecular weight is 369 g/mol. The number of nitrogens with zero attached hydrogens (tertiary/aromatic N) is 1. The van der Waals surface area contributed by atoms with Crippen molar-refractivity contribution in [2.45, 2.75) is 37.9 Å². The van der Waals surface area contributed by atoms with Crippen molar-refractivity contribution in [1.29, 1.82) is 0 Å². The van der Waals surface area contributed by atoms with Gasteiger partial charge in [-0.25, -0.2) is 0 Å². The summed E-state index contributed by atoms with van der Waals surface area (Å²) >= 11 is 0. The molecule has 1 aromatic heterocycles. The summed E-state index contributed by atoms with van der Waals surface area (Å²) in [5, 5.41) is 9.41. The number of aromatic nitrogens is 1. The van der Waals surface area contributed by atoms with E-state index in [9.17, 15) is 22.8 Å². The first kappa shape index (κ1) is 18.3. The molecule has 5 nitrogen and oxygen atoms in total. The predicted octanol–water partition coefficient (Wildman–Crippen LogP) is 3.84. The third kappa shape index (κ3) is 3.27. The van der Waals surface area contributed by atoms with Crippen LogP contribution in [0.2, 0.25) is 0 Å². The zero-order chi connectivity index (χ0) is 19.1. The molecule has 1 aromatic carbocycles. The van der Waals surface area contributed by atoms with Crippen molar-refractivity contribution in [3.8, 4) is 5.75 Å². The van der Waals surface area contributed by atoms with Gasteiger partial charge in [-0.1, -0.05) is 0 Å². The van der Waals surface area contributed by atoms with Gasteiger partial charge < -0.3 is 14.4 Å². The summed E-state index contributed by atoms with van der Waals surface area (Å²) in [6, 6.07) is 4.68. The molecule has 0 spiro atoms. The number of ether oxygens (including phenoxy) is 1. The van der Waals surface area contributed by atoms with E-state index in [-0.39, 0.29) is 36.5 Å². The molecule has 0 atom stereocenters. The SMILES string of the molecule is COc1ccc2c(=O)n([C@H]3CC[C@H](C(=O)O)CC3)c(C(F)(F)F)cc2c1. The Kier molecular flexibility index (Phi) is 4.68. The van der Waals surface area contributed by atoms with Crippen LogP contribution >= 0.6 is 0 Å². The molecule has 0 unspecified atom stereocenters. The number of halogens is 3. The molecule has 1 heterocycles. The molecule has 0 amide bonds. The van der Waals surface area contributed by atoms with Crippen LogP contribution in [0.3, 0.4) is 0 Å². The molecule has 0 saturated heterocycles. The van der Waals surface area contributed by atoms with Crippen LogP contribution in [0.1, 0.15) is 37.4 Å². The van der Waals surface area contributed by atoms with Crippen LogP contribution in [0.4, 0.5) is 13.2 Å². The molecule has 2 aromatic rings. The molecule has 3 rings (SSSR count). The minimum absolute atomic E-state index is 0.164. The quantitative estimate of drug-likeness (QED) is 0.892. The highest BCUT2D eigenvalue weighted by Crippen LogP contribution is 2.37. The number of carbonyl (C=O) groups is 1. The summed E-state index contributed by atoms with van der Waals surface area (Å²) in [6.45, 7) is 0. The van der Waals surface area contributed by atoms with E-state index in [4.69, 9.17) is 9.84 Å². The van der Waals surface area contributed by atoms with Crippen molar-refractivity contribution < 1.29 is 27.8 Å². The Morgan fingerprint density at radius 2 is 1.85 bits per heavy atom. The lowest BCUT2D eigenvalue weighted by molar-refractivity contribution is -0.147. The summed E-state index contributed by atoms with van der Waals surface area (Å²) in [5.74, 6) is -1.15. The summed E-state index contributed by atoms with van der Waals surface area (Å²) in [4.78, 5) is 23.9. The maximum absolute atomic E-state index is 13.6. The van der Waals surface area contributed by atoms with Crippen molar-refractivity contribution >= 4 is 16.7 Å². The lowest BCUT2D eigenvalue weighted by atomic mass is 9.85. The van der Waals surface area contributed by atoms with Crippen LogP contribution in [0.15, 0.2) is 29.1 Å². The number of rotatable bonds is 3. The van der Waals surface area contributed by atoms with Crippen LogP contribution in [0.25, 0.3) is 10.8 Å². The number of fused-ring (bicyclic) bond motifs is 1. The van der Waals surface area contributed by atoms with E-state index < -0.39 is 35.4 Å². The van der Waals surface area contributed by atoms with Gasteiger partial charge in [-0.3, -0.25) is 9.59 Å². The van der Waals surface area contributed by atoms with Gasteiger partial charge in [0.05, 0.1) is 13.0 Å². The van der Waals surface area contributed by atoms with Crippen LogP contribution < -0.4 is 10.3 Å². The number of carboxylic acids is 1. The Balaban J connectivity index is 2.13. The van der Waals surface area contributed by atoms with Crippen LogP contribution in [0.5, 0.6) is 5.75 Å². The molecule has 1 N–H and O–H groups in total. The second kappa shape index (κ2) is 6.66. The van der Waals surface area contributed by atoms with Gasteiger partial charge in [-0.15, -0.1) is 0 Å². The highest BCUT2D eigenvalue weighted by Gasteiger charge is 2.38. The molecule has 0 aliphatic heterocycles. The number of hydrogen-bond donors (Lipinski definition) is 1. The Hall–Kier alpha value is -2.51. The topological polar surface area (TPSA) is 68.5 Å². The number of hydrogen-bond acceptors (Lipinski definition) is 3. The van der Waals surface area contributed by atoms with Crippen molar-refractivity contribution in [3.63, 3.8) is 0 Å². The number of benzene rings is 1. The third-order valence-corrected chi connectivity index (χ3v) is 4.96. The zero-order valence-corrected chi connectivity index (χ0v) is 14.0. The van der Waals surface area contributed by atoms with Crippen molar-refractivity contribution in [1.82, 2.24) is 4.57 Å². The van der Waals surface area contributed by atoms with Crippen LogP contribution in [-0.4, -0.2) is 22.8 Å². The van der Waals surface area contributed by atoms with Crippen LogP contribution in [0, 0.1) is 5.92 Å². The largest absolute Gasteiger partial charge is 0.497 e. The number of carboxylic acid groups (broad SMARTS) is 1. The molecule has 26 heavy (non-hydrogen) atoms. The average Bonchev–Trinajstić information content (AvgIpc) is 2.60. The maximum atomic E-state index is 13.6. The van der Waals surface area contributed by atoms with E-state index in [2.05, 4.69) is 0 Å². The predicted molar refractivity (Wildman–Crippen MR) is 88.4 cm³/mol. The van der Waals surface area contributed by atoms with Gasteiger partial charge in [-0.05, 0) is 55.3 Å². The minimum Gasteiger partial charge on any atom is -0.497 e. The summed E-state index contributed by atoms with van der Waals surface area (Å²) in [6.07, 6.45) is -3.74. The molecule has 1 saturated carbocycles. The number of alkyl halides is 3. The number of methoxy groups -OCH3 is 1. The zero-order valence-electron chi connectivity index (χ0n) is 14.0. The summed E-state index contributed by atoms with van der Waals surface area (Å²) < 4.78 is 46.7. The van der Waals surface area contributed by atoms with Crippen molar-refractivity contribution in [3.05, 3.63) is 40.3 Å². The summed E-state index contributed by atoms with van der Waals surface area (Å²) in [7, 11) is 1.40. The van der Waals surface area contributed by atoms with E-state index in [0.717, 1.165) is 10.6 Å². The molecule has 140 valence electrons. The molecule has 8 heteroatoms. The first-order chi connectivity index (χ1) is 12.2. The van der Waals surface area contributed by atoms with Crippen molar-refractivity contribution in [2.24, 2.45) is 5.92 Å². The fourth-order valence-corrected chi connectivity index (χ4v) is 3.60. The first-order valence-corrected chi connectivity index (χ1v) is 8.25. The Bertz CT molecular complexity index is 896. The van der Waals surface area contributed by atoms with Gasteiger partial charge in [0.2, 0.25) is 0 Å². The molecule has 1 aliphatic carbocycles. The number of aliphatic carboxylic acids is 1. The molecule has 0 bridgehead atoms. The lowest BCUT2D eigenvalue weighted by Gasteiger charge is -2.30. The standard InChI is InChI=1S/C18H18F3NO4/c1-26-13-6-7-14-11(8-13)9-15(18(19,20)21)22(16(14)23)12-4-2-10(3-5-12)17(24)25/h6-10,12H,2-5H2,1H3,(H,24,25)/t10-,12-. The second-order valence-corrected chi connectivity index (χ2v) is 6.50. The fraction of sp³-hybridized carbons (Fsp3) is 0.444. The van der Waals surface area contributed by atoms with Gasteiger partial charge in [0.1, 0.15) is 11.4 Å². The van der Waals surface area contributed by atoms with Gasteiger partial charge in [0, 0.05) is 11.4 Å². The van der Waals surface area contributed by atoms with Gasteiger partial charge in [0.15, 0.2) is 0 Å². The van der Waals surface area contributed by atoms with E-state index in [1.807, 2.05) is 0 Å². The molecular formula is C18H18F3NO4. The van der Waals surface area contributed by atoms with Gasteiger partial charge in [0.25, 0.3) is 5.56 Å². The fourth-order valence-electron chi connectivity index (χ4n) is 3.60. The summed E-state index contributed by atoms with van der Waals surface area (Å²) in [5.41, 5.74) is -1.72. The monoisotopic (exact) mass is 369 g/mol. The molecule has 1 fully saturated rings. The molecule has 0 radical (unpaired) electrons.